The van der Waals surface area contributed by atoms with E-state index in [-0.39, 0.29) is 18.3 Å². The molecule has 122 valence electrons. The van der Waals surface area contributed by atoms with Crippen molar-refractivity contribution in [3.05, 3.63) is 22.4 Å². The third-order valence-electron chi connectivity index (χ3n) is 5.06. The zero-order valence-electron chi connectivity index (χ0n) is 12.9. The first-order chi connectivity index (χ1) is 10.6. The summed E-state index contributed by atoms with van der Waals surface area (Å²) in [6.45, 7) is 1.76. The number of fused-ring (bicyclic) bond motifs is 1. The molecule has 0 bridgehead atoms. The molecule has 1 aliphatic heterocycles. The van der Waals surface area contributed by atoms with Gasteiger partial charge in [0.05, 0.1) is 11.7 Å². The van der Waals surface area contributed by atoms with Crippen LogP contribution in [-0.4, -0.2) is 54.0 Å². The van der Waals surface area contributed by atoms with Crippen LogP contribution in [0, 0.1) is 0 Å². The van der Waals surface area contributed by atoms with Gasteiger partial charge in [-0.15, -0.1) is 0 Å². The van der Waals surface area contributed by atoms with Gasteiger partial charge in [-0.1, -0.05) is 0 Å². The van der Waals surface area contributed by atoms with Gasteiger partial charge in [0, 0.05) is 26.2 Å². The molecule has 2 heterocycles. The molecule has 3 atom stereocenters. The van der Waals surface area contributed by atoms with Gasteiger partial charge in [0.2, 0.25) is 0 Å². The zero-order valence-corrected chi connectivity index (χ0v) is 13.7. The van der Waals surface area contributed by atoms with Crippen LogP contribution >= 0.6 is 11.3 Å². The first kappa shape index (κ1) is 15.9. The summed E-state index contributed by atoms with van der Waals surface area (Å²) in [5, 5.41) is 13.1. The van der Waals surface area contributed by atoms with Crippen LogP contribution in [0.3, 0.4) is 0 Å². The smallest absolute Gasteiger partial charge is 0.329 e. The quantitative estimate of drug-likeness (QED) is 0.870. The summed E-state index contributed by atoms with van der Waals surface area (Å²) in [6, 6.07) is 2.48. The number of carboxylic acids is 1. The van der Waals surface area contributed by atoms with Gasteiger partial charge in [0.1, 0.15) is 6.61 Å². The van der Waals surface area contributed by atoms with Crippen molar-refractivity contribution in [2.45, 2.75) is 50.0 Å². The second-order valence-electron chi connectivity index (χ2n) is 6.24. The Morgan fingerprint density at radius 2 is 2.41 bits per heavy atom. The lowest BCUT2D eigenvalue weighted by Crippen LogP contribution is -2.51. The topological polar surface area (TPSA) is 59.0 Å². The van der Waals surface area contributed by atoms with Gasteiger partial charge in [-0.25, -0.2) is 4.79 Å². The third-order valence-corrected chi connectivity index (χ3v) is 5.79. The number of aliphatic carboxylic acids is 1. The van der Waals surface area contributed by atoms with Crippen molar-refractivity contribution in [2.24, 2.45) is 0 Å². The summed E-state index contributed by atoms with van der Waals surface area (Å²) >= 11 is 1.72. The molecule has 0 aromatic carbocycles. The summed E-state index contributed by atoms with van der Waals surface area (Å²) in [4.78, 5) is 13.2. The summed E-state index contributed by atoms with van der Waals surface area (Å²) in [6.07, 6.45) is 3.74. The molecular weight excluding hydrogens is 302 g/mol. The van der Waals surface area contributed by atoms with E-state index in [0.717, 1.165) is 38.8 Å². The second-order valence-corrected chi connectivity index (χ2v) is 7.02. The number of nitrogens with zero attached hydrogens (tertiary/aromatic N) is 1. The lowest BCUT2D eigenvalue weighted by Gasteiger charge is -2.43. The lowest BCUT2D eigenvalue weighted by atomic mass is 9.79. The molecule has 1 aromatic heterocycles. The molecule has 1 N–H and O–H groups in total. The maximum absolute atomic E-state index is 10.7. The highest BCUT2D eigenvalue weighted by Crippen LogP contribution is 2.43. The number of carbonyl (C=O) groups is 1. The van der Waals surface area contributed by atoms with Crippen LogP contribution in [0.2, 0.25) is 0 Å². The standard InChI is InChI=1S/C16H23NO4S/c1-20-16-4-2-13(21-10-15(18)19)8-14(16)17(6-5-16)9-12-3-7-22-11-12/h3,7,11,13-14H,2,4-6,8-10H2,1H3,(H,18,19)/t13?,14?,16-/m1/s1. The molecule has 0 amide bonds. The Balaban J connectivity index is 1.68. The summed E-state index contributed by atoms with van der Waals surface area (Å²) in [7, 11) is 1.81. The average molecular weight is 325 g/mol. The first-order valence-corrected chi connectivity index (χ1v) is 8.71. The molecule has 2 unspecified atom stereocenters. The molecule has 22 heavy (non-hydrogen) atoms. The molecule has 1 aliphatic carbocycles. The molecule has 5 nitrogen and oxygen atoms in total. The van der Waals surface area contributed by atoms with Crippen molar-refractivity contribution < 1.29 is 19.4 Å². The van der Waals surface area contributed by atoms with Gasteiger partial charge in [-0.05, 0) is 48.1 Å². The maximum atomic E-state index is 10.7. The van der Waals surface area contributed by atoms with Gasteiger partial charge in [0.15, 0.2) is 0 Å². The number of hydrogen-bond donors (Lipinski definition) is 1. The largest absolute Gasteiger partial charge is 0.480 e. The van der Waals surface area contributed by atoms with E-state index < -0.39 is 5.97 Å². The molecule has 2 fully saturated rings. The Labute approximate surface area is 134 Å². The SMILES string of the molecule is CO[C@@]12CCC(OCC(=O)O)CC1N(Cc1ccsc1)CC2. The Bertz CT molecular complexity index is 506. The van der Waals surface area contributed by atoms with Crippen LogP contribution in [-0.2, 0) is 20.8 Å². The fourth-order valence-corrected chi connectivity index (χ4v) is 4.56. The fraction of sp³-hybridized carbons (Fsp3) is 0.688. The van der Waals surface area contributed by atoms with Crippen LogP contribution < -0.4 is 0 Å². The maximum Gasteiger partial charge on any atom is 0.329 e. The minimum absolute atomic E-state index is 0.0208. The molecule has 0 radical (unpaired) electrons. The average Bonchev–Trinajstić information content (AvgIpc) is 3.14. The van der Waals surface area contributed by atoms with Gasteiger partial charge in [-0.3, -0.25) is 4.90 Å². The normalized spacial score (nSPS) is 32.0. The second kappa shape index (κ2) is 6.66. The Morgan fingerprint density at radius 1 is 1.55 bits per heavy atom. The highest BCUT2D eigenvalue weighted by Gasteiger charge is 2.51. The minimum atomic E-state index is -0.898. The van der Waals surface area contributed by atoms with Gasteiger partial charge < -0.3 is 14.6 Å². The van der Waals surface area contributed by atoms with E-state index in [1.54, 1.807) is 18.4 Å². The van der Waals surface area contributed by atoms with E-state index in [1.807, 2.05) is 0 Å². The van der Waals surface area contributed by atoms with E-state index in [9.17, 15) is 4.79 Å². The van der Waals surface area contributed by atoms with Crippen molar-refractivity contribution in [3.63, 3.8) is 0 Å². The summed E-state index contributed by atoms with van der Waals surface area (Å²) < 4.78 is 11.5. The van der Waals surface area contributed by atoms with Crippen LogP contribution in [0.1, 0.15) is 31.2 Å². The van der Waals surface area contributed by atoms with Gasteiger partial charge in [-0.2, -0.15) is 11.3 Å². The van der Waals surface area contributed by atoms with Crippen molar-refractivity contribution >= 4 is 17.3 Å². The predicted octanol–water partition coefficient (Wildman–Crippen LogP) is 2.36. The van der Waals surface area contributed by atoms with E-state index in [0.29, 0.717) is 6.04 Å². The number of rotatable bonds is 6. The lowest BCUT2D eigenvalue weighted by molar-refractivity contribution is -0.148. The Hall–Kier alpha value is -0.950. The van der Waals surface area contributed by atoms with Gasteiger partial charge in [0.25, 0.3) is 0 Å². The molecule has 2 aliphatic rings. The summed E-state index contributed by atoms with van der Waals surface area (Å²) in [5.41, 5.74) is 1.25. The van der Waals surface area contributed by atoms with Crippen LogP contribution in [0.25, 0.3) is 0 Å². The number of hydrogen-bond acceptors (Lipinski definition) is 5. The minimum Gasteiger partial charge on any atom is -0.480 e. The number of likely N-dealkylation sites (tertiary alicyclic amines) is 1. The van der Waals surface area contributed by atoms with Crippen molar-refractivity contribution in [1.29, 1.82) is 0 Å². The molecular formula is C16H23NO4S. The van der Waals surface area contributed by atoms with Crippen LogP contribution in [0.5, 0.6) is 0 Å². The molecule has 6 heteroatoms. The molecule has 1 aromatic rings. The predicted molar refractivity (Wildman–Crippen MR) is 84.1 cm³/mol. The highest BCUT2D eigenvalue weighted by molar-refractivity contribution is 7.07. The first-order valence-electron chi connectivity index (χ1n) is 7.76. The molecule has 3 rings (SSSR count). The van der Waals surface area contributed by atoms with E-state index in [2.05, 4.69) is 21.7 Å². The number of methoxy groups -OCH3 is 1. The molecule has 1 saturated carbocycles. The van der Waals surface area contributed by atoms with Crippen molar-refractivity contribution in [2.75, 3.05) is 20.3 Å². The molecule has 1 saturated heterocycles. The zero-order chi connectivity index (χ0) is 15.6. The monoisotopic (exact) mass is 325 g/mol. The highest BCUT2D eigenvalue weighted by atomic mass is 32.1. The van der Waals surface area contributed by atoms with E-state index >= 15 is 0 Å². The van der Waals surface area contributed by atoms with Crippen LogP contribution in [0.15, 0.2) is 16.8 Å². The van der Waals surface area contributed by atoms with E-state index in [4.69, 9.17) is 14.6 Å². The number of ether oxygens (including phenoxy) is 2. The van der Waals surface area contributed by atoms with Crippen molar-refractivity contribution in [1.82, 2.24) is 4.90 Å². The fourth-order valence-electron chi connectivity index (χ4n) is 3.90. The van der Waals surface area contributed by atoms with E-state index in [1.165, 1.54) is 5.56 Å². The number of carboxylic acid groups (broad SMARTS) is 1. The van der Waals surface area contributed by atoms with Crippen molar-refractivity contribution in [3.8, 4) is 0 Å². The third kappa shape index (κ3) is 3.20. The summed E-state index contributed by atoms with van der Waals surface area (Å²) in [5.74, 6) is -0.898. The van der Waals surface area contributed by atoms with Gasteiger partial charge >= 0.3 is 5.97 Å². The molecule has 0 spiro atoms. The van der Waals surface area contributed by atoms with Crippen LogP contribution in [0.4, 0.5) is 0 Å². The Morgan fingerprint density at radius 3 is 3.09 bits per heavy atom. The number of thiophene rings is 1. The Kier molecular flexibility index (Phi) is 4.82.